The van der Waals surface area contributed by atoms with Crippen molar-refractivity contribution in [1.82, 2.24) is 10.2 Å². The molecule has 3 aromatic rings. The molecule has 0 saturated heterocycles. The van der Waals surface area contributed by atoms with Gasteiger partial charge in [-0.2, -0.15) is 0 Å². The minimum atomic E-state index is -0.432. The van der Waals surface area contributed by atoms with Gasteiger partial charge in [0.15, 0.2) is 0 Å². The molecule has 0 saturated carbocycles. The van der Waals surface area contributed by atoms with Gasteiger partial charge in [-0.15, -0.1) is 0 Å². The number of nitrogens with one attached hydrogen (secondary N) is 1. The lowest BCUT2D eigenvalue weighted by Gasteiger charge is -2.36. The van der Waals surface area contributed by atoms with Crippen molar-refractivity contribution in [3.63, 3.8) is 0 Å². The summed E-state index contributed by atoms with van der Waals surface area (Å²) in [5.74, 6) is -0.399. The van der Waals surface area contributed by atoms with Gasteiger partial charge in [0.25, 0.3) is 5.69 Å². The van der Waals surface area contributed by atoms with E-state index in [4.69, 9.17) is 0 Å². The minimum absolute atomic E-state index is 0.0572. The Kier molecular flexibility index (Phi) is 6.56. The van der Waals surface area contributed by atoms with Gasteiger partial charge in [-0.3, -0.25) is 19.8 Å². The maximum Gasteiger partial charge on any atom is 0.273 e. The molecule has 0 aromatic heterocycles. The largest absolute Gasteiger partial charge is 0.354 e. The van der Waals surface area contributed by atoms with Crippen LogP contribution in [0, 0.1) is 15.9 Å². The quantitative estimate of drug-likeness (QED) is 0.451. The van der Waals surface area contributed by atoms with Gasteiger partial charge >= 0.3 is 0 Å². The molecule has 3 aromatic carbocycles. The summed E-state index contributed by atoms with van der Waals surface area (Å²) >= 11 is 0. The number of hydrogen-bond donors (Lipinski definition) is 1. The zero-order chi connectivity index (χ0) is 22.5. The fraction of sp³-hybridized carbons (Fsp3) is 0.240. The van der Waals surface area contributed by atoms with Crippen LogP contribution >= 0.6 is 0 Å². The van der Waals surface area contributed by atoms with Crippen molar-refractivity contribution in [1.29, 1.82) is 0 Å². The summed E-state index contributed by atoms with van der Waals surface area (Å²) in [6, 6.07) is 20.4. The van der Waals surface area contributed by atoms with Crippen molar-refractivity contribution in [3.05, 3.63) is 111 Å². The molecule has 0 fully saturated rings. The Morgan fingerprint density at radius 3 is 2.47 bits per heavy atom. The van der Waals surface area contributed by atoms with Crippen molar-refractivity contribution in [3.8, 4) is 0 Å². The predicted molar refractivity (Wildman–Crippen MR) is 119 cm³/mol. The van der Waals surface area contributed by atoms with Crippen LogP contribution < -0.4 is 5.32 Å². The maximum absolute atomic E-state index is 13.1. The highest BCUT2D eigenvalue weighted by Gasteiger charge is 2.32. The van der Waals surface area contributed by atoms with Gasteiger partial charge in [-0.1, -0.05) is 54.6 Å². The molecule has 0 bridgehead atoms. The van der Waals surface area contributed by atoms with Crippen LogP contribution in [0.25, 0.3) is 0 Å². The lowest BCUT2D eigenvalue weighted by atomic mass is 9.93. The third kappa shape index (κ3) is 5.00. The SMILES string of the molecule is O=C(NCCc1ccc(F)cc1)C1Cc2ccccc2CN1Cc1ccccc1[N+](=O)[O-]. The van der Waals surface area contributed by atoms with Crippen molar-refractivity contribution in [2.45, 2.75) is 32.0 Å². The monoisotopic (exact) mass is 433 g/mol. The molecule has 32 heavy (non-hydrogen) atoms. The second-order valence-corrected chi connectivity index (χ2v) is 7.95. The molecule has 1 amide bonds. The molecule has 1 N–H and O–H groups in total. The van der Waals surface area contributed by atoms with Crippen molar-refractivity contribution in [2.75, 3.05) is 6.54 Å². The van der Waals surface area contributed by atoms with Crippen LogP contribution in [-0.4, -0.2) is 28.3 Å². The first kappa shape index (κ1) is 21.6. The number of hydrogen-bond acceptors (Lipinski definition) is 4. The molecular formula is C25H24FN3O3. The summed E-state index contributed by atoms with van der Waals surface area (Å²) in [6.45, 7) is 1.28. The number of benzene rings is 3. The summed E-state index contributed by atoms with van der Waals surface area (Å²) < 4.78 is 13.1. The van der Waals surface area contributed by atoms with Crippen molar-refractivity contribution in [2.24, 2.45) is 0 Å². The maximum atomic E-state index is 13.1. The number of halogens is 1. The van der Waals surface area contributed by atoms with E-state index in [1.54, 1.807) is 30.3 Å². The fourth-order valence-electron chi connectivity index (χ4n) is 4.14. The van der Waals surface area contributed by atoms with Gasteiger partial charge in [-0.05, 0) is 41.7 Å². The van der Waals surface area contributed by atoms with Gasteiger partial charge in [0.1, 0.15) is 5.82 Å². The summed E-state index contributed by atoms with van der Waals surface area (Å²) in [4.78, 5) is 26.2. The number of carbonyl (C=O) groups is 1. The zero-order valence-electron chi connectivity index (χ0n) is 17.5. The number of carbonyl (C=O) groups excluding carboxylic acids is 1. The molecule has 6 nitrogen and oxygen atoms in total. The highest BCUT2D eigenvalue weighted by atomic mass is 19.1. The third-order valence-corrected chi connectivity index (χ3v) is 5.84. The minimum Gasteiger partial charge on any atom is -0.354 e. The van der Waals surface area contributed by atoms with E-state index in [2.05, 4.69) is 5.32 Å². The average molecular weight is 433 g/mol. The second kappa shape index (κ2) is 9.70. The first-order valence-electron chi connectivity index (χ1n) is 10.6. The van der Waals surface area contributed by atoms with Crippen molar-refractivity contribution < 1.29 is 14.1 Å². The van der Waals surface area contributed by atoms with Crippen LogP contribution in [0.5, 0.6) is 0 Å². The molecule has 7 heteroatoms. The third-order valence-electron chi connectivity index (χ3n) is 5.84. The molecule has 164 valence electrons. The van der Waals surface area contributed by atoms with Crippen LogP contribution in [0.3, 0.4) is 0 Å². The number of fused-ring (bicyclic) bond motifs is 1. The fourth-order valence-corrected chi connectivity index (χ4v) is 4.14. The second-order valence-electron chi connectivity index (χ2n) is 7.95. The molecule has 1 aliphatic heterocycles. The van der Waals surface area contributed by atoms with Crippen LogP contribution in [0.15, 0.2) is 72.8 Å². The standard InChI is InChI=1S/C25H24FN3O3/c26-22-11-9-18(10-12-22)13-14-27-25(30)24-15-19-5-1-2-6-20(19)16-28(24)17-21-7-3-4-8-23(21)29(31)32/h1-12,24H,13-17H2,(H,27,30). The number of nitrogens with zero attached hydrogens (tertiary/aromatic N) is 2. The molecule has 1 aliphatic rings. The predicted octanol–water partition coefficient (Wildman–Crippen LogP) is 4.02. The van der Waals surface area contributed by atoms with E-state index in [1.165, 1.54) is 18.2 Å². The van der Waals surface area contributed by atoms with Gasteiger partial charge < -0.3 is 5.32 Å². The average Bonchev–Trinajstić information content (AvgIpc) is 2.80. The number of nitro benzene ring substituents is 1. The number of para-hydroxylation sites is 1. The molecule has 0 aliphatic carbocycles. The summed E-state index contributed by atoms with van der Waals surface area (Å²) in [7, 11) is 0. The number of rotatable bonds is 7. The first-order valence-corrected chi connectivity index (χ1v) is 10.6. The topological polar surface area (TPSA) is 75.5 Å². The summed E-state index contributed by atoms with van der Waals surface area (Å²) in [5, 5.41) is 14.4. The van der Waals surface area contributed by atoms with Crippen LogP contribution in [-0.2, 0) is 30.7 Å². The van der Waals surface area contributed by atoms with E-state index in [-0.39, 0.29) is 22.3 Å². The Labute approximate surface area is 185 Å². The Hall–Kier alpha value is -3.58. The van der Waals surface area contributed by atoms with Gasteiger partial charge in [0.05, 0.1) is 11.0 Å². The Morgan fingerprint density at radius 2 is 1.72 bits per heavy atom. The van der Waals surface area contributed by atoms with Crippen LogP contribution in [0.2, 0.25) is 0 Å². The van der Waals surface area contributed by atoms with E-state index < -0.39 is 6.04 Å². The first-order chi connectivity index (χ1) is 15.5. The molecule has 1 atom stereocenters. The van der Waals surface area contributed by atoms with E-state index in [9.17, 15) is 19.3 Å². The normalized spacial score (nSPS) is 15.7. The molecule has 1 heterocycles. The Morgan fingerprint density at radius 1 is 1.03 bits per heavy atom. The lowest BCUT2D eigenvalue weighted by molar-refractivity contribution is -0.385. The van der Waals surface area contributed by atoms with Gasteiger partial charge in [-0.25, -0.2) is 4.39 Å². The molecular weight excluding hydrogens is 409 g/mol. The molecule has 4 rings (SSSR count). The van der Waals surface area contributed by atoms with Crippen LogP contribution in [0.1, 0.15) is 22.3 Å². The van der Waals surface area contributed by atoms with E-state index in [0.29, 0.717) is 38.0 Å². The highest BCUT2D eigenvalue weighted by Crippen LogP contribution is 2.27. The Bertz CT molecular complexity index is 1120. The van der Waals surface area contributed by atoms with E-state index in [1.807, 2.05) is 29.2 Å². The molecule has 0 radical (unpaired) electrons. The van der Waals surface area contributed by atoms with Gasteiger partial charge in [0, 0.05) is 31.3 Å². The molecule has 0 spiro atoms. The number of nitro groups is 1. The zero-order valence-corrected chi connectivity index (χ0v) is 17.5. The molecule has 1 unspecified atom stereocenters. The smallest absolute Gasteiger partial charge is 0.273 e. The van der Waals surface area contributed by atoms with Crippen LogP contribution in [0.4, 0.5) is 10.1 Å². The van der Waals surface area contributed by atoms with E-state index >= 15 is 0 Å². The number of amides is 1. The van der Waals surface area contributed by atoms with Gasteiger partial charge in [0.2, 0.25) is 5.91 Å². The summed E-state index contributed by atoms with van der Waals surface area (Å²) in [6.07, 6.45) is 1.14. The summed E-state index contributed by atoms with van der Waals surface area (Å²) in [5.41, 5.74) is 3.83. The van der Waals surface area contributed by atoms with Crippen molar-refractivity contribution >= 4 is 11.6 Å². The lowest BCUT2D eigenvalue weighted by Crippen LogP contribution is -2.50. The highest BCUT2D eigenvalue weighted by molar-refractivity contribution is 5.82. The van der Waals surface area contributed by atoms with E-state index in [0.717, 1.165) is 16.7 Å². The Balaban J connectivity index is 1.50.